The Labute approximate surface area is 194 Å². The number of nitrogens with one attached hydrogen (secondary N) is 2. The topological polar surface area (TPSA) is 101 Å². The Morgan fingerprint density at radius 2 is 2.03 bits per heavy atom. The number of allylic oxidation sites excluding steroid dienone is 1. The Kier molecular flexibility index (Phi) is 5.31. The van der Waals surface area contributed by atoms with Crippen LogP contribution in [0.25, 0.3) is 10.7 Å². The third kappa shape index (κ3) is 3.83. The van der Waals surface area contributed by atoms with Gasteiger partial charge in [-0.05, 0) is 48.2 Å². The van der Waals surface area contributed by atoms with Crippen LogP contribution in [0, 0.1) is 0 Å². The van der Waals surface area contributed by atoms with Gasteiger partial charge >= 0.3 is 0 Å². The largest absolute Gasteiger partial charge is 0.508 e. The van der Waals surface area contributed by atoms with E-state index >= 15 is 0 Å². The fraction of sp³-hybridized carbons (Fsp3) is 0.125. The monoisotopic (exact) mass is 459 g/mol. The average molecular weight is 460 g/mol. The summed E-state index contributed by atoms with van der Waals surface area (Å²) in [5, 5.41) is 23.0. The predicted molar refractivity (Wildman–Crippen MR) is 128 cm³/mol. The lowest BCUT2D eigenvalue weighted by atomic mass is 9.95. The van der Waals surface area contributed by atoms with E-state index in [2.05, 4.69) is 15.6 Å². The number of hydrogen-bond donors (Lipinski definition) is 3. The van der Waals surface area contributed by atoms with Crippen LogP contribution < -0.4 is 15.4 Å². The van der Waals surface area contributed by atoms with Crippen LogP contribution in [0.15, 0.2) is 77.3 Å². The molecule has 1 aliphatic rings. The van der Waals surface area contributed by atoms with E-state index in [1.54, 1.807) is 42.1 Å². The first-order valence-electron chi connectivity index (χ1n) is 10.3. The molecule has 0 spiro atoms. The SMILES string of the molecule is COc1ccccc1NC(=O)C1=C(C)Nc2nc(-c3cccs3)nn2[C@H]1c1cccc(O)c1. The van der Waals surface area contributed by atoms with Crippen molar-refractivity contribution < 1.29 is 14.6 Å². The first kappa shape index (κ1) is 20.8. The van der Waals surface area contributed by atoms with Crippen molar-refractivity contribution in [3.05, 3.63) is 82.9 Å². The van der Waals surface area contributed by atoms with Crippen molar-refractivity contribution in [3.8, 4) is 22.2 Å². The number of amides is 1. The standard InChI is InChI=1S/C24H21N5O3S/c1-14-20(23(31)26-17-9-3-4-10-18(17)32-2)21(15-7-5-8-16(30)13-15)29-24(25-14)27-22(28-29)19-11-6-12-33-19/h3-13,21,30H,1-2H3,(H,26,31)(H,25,27,28)/t21-/m0/s1. The van der Waals surface area contributed by atoms with Crippen LogP contribution in [0.3, 0.4) is 0 Å². The van der Waals surface area contributed by atoms with Crippen LogP contribution in [-0.2, 0) is 4.79 Å². The zero-order chi connectivity index (χ0) is 22.9. The van der Waals surface area contributed by atoms with Crippen molar-refractivity contribution in [2.45, 2.75) is 13.0 Å². The molecule has 9 heteroatoms. The Bertz CT molecular complexity index is 1360. The van der Waals surface area contributed by atoms with Crippen molar-refractivity contribution >= 4 is 28.9 Å². The third-order valence-corrected chi connectivity index (χ3v) is 6.25. The summed E-state index contributed by atoms with van der Waals surface area (Å²) in [7, 11) is 1.56. The lowest BCUT2D eigenvalue weighted by molar-refractivity contribution is -0.113. The normalized spacial score (nSPS) is 15.0. The van der Waals surface area contributed by atoms with Crippen LogP contribution >= 0.6 is 11.3 Å². The maximum absolute atomic E-state index is 13.6. The molecule has 0 saturated heterocycles. The molecule has 1 atom stereocenters. The number of aromatic hydroxyl groups is 1. The predicted octanol–water partition coefficient (Wildman–Crippen LogP) is 4.65. The Morgan fingerprint density at radius 3 is 2.79 bits per heavy atom. The van der Waals surface area contributed by atoms with E-state index in [1.807, 2.05) is 42.6 Å². The summed E-state index contributed by atoms with van der Waals surface area (Å²) in [6.45, 7) is 1.83. The lowest BCUT2D eigenvalue weighted by Gasteiger charge is -2.28. The number of nitrogens with zero attached hydrogens (tertiary/aromatic N) is 3. The number of ether oxygens (including phenoxy) is 1. The molecule has 2 aromatic heterocycles. The van der Waals surface area contributed by atoms with Gasteiger partial charge in [0.25, 0.3) is 5.91 Å². The number of phenols is 1. The minimum absolute atomic E-state index is 0.105. The summed E-state index contributed by atoms with van der Waals surface area (Å²) in [5.41, 5.74) is 2.38. The van der Waals surface area contributed by atoms with E-state index in [-0.39, 0.29) is 11.7 Å². The van der Waals surface area contributed by atoms with Gasteiger partial charge in [0.2, 0.25) is 5.95 Å². The molecule has 5 rings (SSSR count). The second kappa shape index (κ2) is 8.44. The summed E-state index contributed by atoms with van der Waals surface area (Å²) in [4.78, 5) is 19.1. The minimum atomic E-state index is -0.593. The van der Waals surface area contributed by atoms with Crippen molar-refractivity contribution in [1.82, 2.24) is 14.8 Å². The average Bonchev–Trinajstić information content (AvgIpc) is 3.48. The summed E-state index contributed by atoms with van der Waals surface area (Å²) in [6.07, 6.45) is 0. The van der Waals surface area contributed by atoms with Crippen molar-refractivity contribution in [2.24, 2.45) is 0 Å². The van der Waals surface area contributed by atoms with Gasteiger partial charge in [-0.3, -0.25) is 4.79 Å². The van der Waals surface area contributed by atoms with E-state index in [0.717, 1.165) is 4.88 Å². The van der Waals surface area contributed by atoms with E-state index in [9.17, 15) is 9.90 Å². The van der Waals surface area contributed by atoms with Crippen LogP contribution in [0.5, 0.6) is 11.5 Å². The quantitative estimate of drug-likeness (QED) is 0.402. The molecular formula is C24H21N5O3S. The first-order chi connectivity index (χ1) is 16.0. The van der Waals surface area contributed by atoms with Crippen LogP contribution in [0.2, 0.25) is 0 Å². The lowest BCUT2D eigenvalue weighted by Crippen LogP contribution is -2.31. The summed E-state index contributed by atoms with van der Waals surface area (Å²) >= 11 is 1.54. The molecule has 0 radical (unpaired) electrons. The molecule has 2 aromatic carbocycles. The van der Waals surface area contributed by atoms with Crippen molar-refractivity contribution in [1.29, 1.82) is 0 Å². The number of thiophene rings is 1. The number of hydrogen-bond acceptors (Lipinski definition) is 7. The van der Waals surface area contributed by atoms with Gasteiger partial charge in [0.05, 0.1) is 23.2 Å². The van der Waals surface area contributed by atoms with E-state index in [4.69, 9.17) is 9.84 Å². The van der Waals surface area contributed by atoms with Crippen molar-refractivity contribution in [2.75, 3.05) is 17.7 Å². The number of para-hydroxylation sites is 2. The highest BCUT2D eigenvalue weighted by Crippen LogP contribution is 2.38. The molecule has 166 valence electrons. The summed E-state index contributed by atoms with van der Waals surface area (Å²) in [5.74, 6) is 1.45. The molecular weight excluding hydrogens is 438 g/mol. The van der Waals surface area contributed by atoms with Gasteiger partial charge in [0.1, 0.15) is 17.5 Å². The summed E-state index contributed by atoms with van der Waals surface area (Å²) in [6, 6.07) is 17.4. The summed E-state index contributed by atoms with van der Waals surface area (Å²) < 4.78 is 7.07. The zero-order valence-electron chi connectivity index (χ0n) is 17.9. The number of carbonyl (C=O) groups is 1. The van der Waals surface area contributed by atoms with Crippen LogP contribution in [0.4, 0.5) is 11.6 Å². The number of benzene rings is 2. The molecule has 8 nitrogen and oxygen atoms in total. The van der Waals surface area contributed by atoms with E-state index in [1.165, 1.54) is 11.3 Å². The molecule has 3 heterocycles. The van der Waals surface area contributed by atoms with Gasteiger partial charge in [-0.15, -0.1) is 16.4 Å². The number of aromatic nitrogens is 3. The molecule has 0 unspecified atom stereocenters. The maximum atomic E-state index is 13.6. The molecule has 0 saturated carbocycles. The molecule has 0 bridgehead atoms. The van der Waals surface area contributed by atoms with E-state index < -0.39 is 6.04 Å². The number of anilines is 2. The smallest absolute Gasteiger partial charge is 0.255 e. The highest BCUT2D eigenvalue weighted by Gasteiger charge is 2.35. The van der Waals surface area contributed by atoms with Crippen molar-refractivity contribution in [3.63, 3.8) is 0 Å². The highest BCUT2D eigenvalue weighted by molar-refractivity contribution is 7.13. The van der Waals surface area contributed by atoms with Gasteiger partial charge in [-0.25, -0.2) is 4.68 Å². The molecule has 1 amide bonds. The Balaban J connectivity index is 1.61. The first-order valence-corrected chi connectivity index (χ1v) is 11.1. The third-order valence-electron chi connectivity index (χ3n) is 5.38. The van der Waals surface area contributed by atoms with Gasteiger partial charge < -0.3 is 20.5 Å². The molecule has 33 heavy (non-hydrogen) atoms. The zero-order valence-corrected chi connectivity index (χ0v) is 18.8. The van der Waals surface area contributed by atoms with Gasteiger partial charge in [0, 0.05) is 5.70 Å². The molecule has 0 fully saturated rings. The second-order valence-electron chi connectivity index (χ2n) is 7.50. The van der Waals surface area contributed by atoms with E-state index in [0.29, 0.717) is 40.0 Å². The molecule has 1 aliphatic heterocycles. The van der Waals surface area contributed by atoms with Crippen LogP contribution in [-0.4, -0.2) is 32.9 Å². The number of rotatable bonds is 5. The number of phenolic OH excluding ortho intramolecular Hbond substituents is 1. The fourth-order valence-corrected chi connectivity index (χ4v) is 4.55. The van der Waals surface area contributed by atoms with Gasteiger partial charge in [-0.1, -0.05) is 30.3 Å². The Hall–Kier alpha value is -4.11. The van der Waals surface area contributed by atoms with Gasteiger partial charge in [0.15, 0.2) is 5.82 Å². The number of methoxy groups -OCH3 is 1. The Morgan fingerprint density at radius 1 is 1.18 bits per heavy atom. The number of fused-ring (bicyclic) bond motifs is 1. The maximum Gasteiger partial charge on any atom is 0.255 e. The van der Waals surface area contributed by atoms with Gasteiger partial charge in [-0.2, -0.15) is 4.98 Å². The second-order valence-corrected chi connectivity index (χ2v) is 8.44. The fourth-order valence-electron chi connectivity index (χ4n) is 3.90. The minimum Gasteiger partial charge on any atom is -0.508 e. The highest BCUT2D eigenvalue weighted by atomic mass is 32.1. The number of carbonyl (C=O) groups excluding carboxylic acids is 1. The van der Waals surface area contributed by atoms with Crippen LogP contribution in [0.1, 0.15) is 18.5 Å². The molecule has 3 N–H and O–H groups in total. The molecule has 4 aromatic rings. The molecule has 0 aliphatic carbocycles.